The maximum absolute atomic E-state index is 11.3. The van der Waals surface area contributed by atoms with E-state index in [1.54, 1.807) is 29.4 Å². The Morgan fingerprint density at radius 1 is 1.67 bits per heavy atom. The molecule has 6 nitrogen and oxygen atoms in total. The van der Waals surface area contributed by atoms with Gasteiger partial charge in [0.15, 0.2) is 0 Å². The Bertz CT molecular complexity index is 446. The maximum Gasteiger partial charge on any atom is 0.268 e. The standard InChI is InChI=1S/C9H10N4O2/c10-12-9(14)7-1-4-15-8(7)5-13-3-2-11-6-13/h1-4,6H,5,10H2,(H,12,14). The van der Waals surface area contributed by atoms with Crippen molar-refractivity contribution in [3.8, 4) is 0 Å². The molecule has 0 aliphatic heterocycles. The van der Waals surface area contributed by atoms with E-state index in [9.17, 15) is 4.79 Å². The number of carbonyl (C=O) groups is 1. The number of rotatable bonds is 3. The molecule has 0 aliphatic carbocycles. The molecule has 6 heteroatoms. The van der Waals surface area contributed by atoms with Crippen LogP contribution in [0.1, 0.15) is 16.1 Å². The van der Waals surface area contributed by atoms with Gasteiger partial charge in [-0.25, -0.2) is 10.8 Å². The van der Waals surface area contributed by atoms with Crippen LogP contribution in [-0.4, -0.2) is 15.5 Å². The molecular weight excluding hydrogens is 196 g/mol. The van der Waals surface area contributed by atoms with E-state index in [0.717, 1.165) is 0 Å². The summed E-state index contributed by atoms with van der Waals surface area (Å²) < 4.78 is 6.99. The van der Waals surface area contributed by atoms with Crippen molar-refractivity contribution in [2.45, 2.75) is 6.54 Å². The molecule has 15 heavy (non-hydrogen) atoms. The molecule has 0 saturated carbocycles. The first kappa shape index (κ1) is 9.47. The Hall–Kier alpha value is -2.08. The number of nitrogens with zero attached hydrogens (tertiary/aromatic N) is 2. The Kier molecular flexibility index (Phi) is 2.51. The van der Waals surface area contributed by atoms with Crippen molar-refractivity contribution in [1.82, 2.24) is 15.0 Å². The highest BCUT2D eigenvalue weighted by molar-refractivity contribution is 5.94. The molecule has 2 rings (SSSR count). The van der Waals surface area contributed by atoms with Gasteiger partial charge in [0.05, 0.1) is 24.7 Å². The zero-order valence-corrected chi connectivity index (χ0v) is 7.88. The summed E-state index contributed by atoms with van der Waals surface area (Å²) in [7, 11) is 0. The minimum Gasteiger partial charge on any atom is -0.467 e. The molecule has 0 aliphatic rings. The molecule has 78 valence electrons. The van der Waals surface area contributed by atoms with Crippen molar-refractivity contribution in [3.05, 3.63) is 42.4 Å². The van der Waals surface area contributed by atoms with Crippen LogP contribution in [0.4, 0.5) is 0 Å². The summed E-state index contributed by atoms with van der Waals surface area (Å²) in [6, 6.07) is 1.58. The van der Waals surface area contributed by atoms with E-state index in [1.165, 1.54) is 6.26 Å². The van der Waals surface area contributed by atoms with E-state index in [1.807, 2.05) is 0 Å². The Morgan fingerprint density at radius 3 is 3.20 bits per heavy atom. The number of amides is 1. The zero-order valence-electron chi connectivity index (χ0n) is 7.88. The number of hydrogen-bond acceptors (Lipinski definition) is 4. The largest absolute Gasteiger partial charge is 0.467 e. The summed E-state index contributed by atoms with van der Waals surface area (Å²) in [6.45, 7) is 0.454. The number of aromatic nitrogens is 2. The summed E-state index contributed by atoms with van der Waals surface area (Å²) in [4.78, 5) is 15.2. The SMILES string of the molecule is NNC(=O)c1ccoc1Cn1ccnc1. The summed E-state index contributed by atoms with van der Waals surface area (Å²) in [5.74, 6) is 5.23. The topological polar surface area (TPSA) is 86.1 Å². The number of hydrogen-bond donors (Lipinski definition) is 2. The van der Waals surface area contributed by atoms with Gasteiger partial charge in [0.1, 0.15) is 5.76 Å². The molecule has 0 bridgehead atoms. The van der Waals surface area contributed by atoms with Crippen molar-refractivity contribution >= 4 is 5.91 Å². The van der Waals surface area contributed by atoms with E-state index < -0.39 is 0 Å². The van der Waals surface area contributed by atoms with Crippen LogP contribution in [0.5, 0.6) is 0 Å². The molecule has 0 saturated heterocycles. The lowest BCUT2D eigenvalue weighted by molar-refractivity contribution is 0.0951. The summed E-state index contributed by atoms with van der Waals surface area (Å²) in [5, 5.41) is 0. The van der Waals surface area contributed by atoms with Gasteiger partial charge in [-0.15, -0.1) is 0 Å². The number of carbonyl (C=O) groups excluding carboxylic acids is 1. The lowest BCUT2D eigenvalue weighted by Crippen LogP contribution is -2.30. The molecule has 0 radical (unpaired) electrons. The molecule has 0 spiro atoms. The van der Waals surface area contributed by atoms with Crippen molar-refractivity contribution in [2.24, 2.45) is 5.84 Å². The Labute approximate surface area is 85.7 Å². The van der Waals surface area contributed by atoms with Gasteiger partial charge < -0.3 is 8.98 Å². The van der Waals surface area contributed by atoms with Gasteiger partial charge in [-0.3, -0.25) is 10.2 Å². The molecule has 0 aromatic carbocycles. The van der Waals surface area contributed by atoms with Gasteiger partial charge in [0.25, 0.3) is 5.91 Å². The smallest absolute Gasteiger partial charge is 0.268 e. The zero-order chi connectivity index (χ0) is 10.7. The Morgan fingerprint density at radius 2 is 2.53 bits per heavy atom. The van der Waals surface area contributed by atoms with Crippen molar-refractivity contribution < 1.29 is 9.21 Å². The first-order valence-electron chi connectivity index (χ1n) is 4.34. The molecule has 2 aromatic heterocycles. The Balaban J connectivity index is 2.22. The van der Waals surface area contributed by atoms with E-state index in [-0.39, 0.29) is 5.91 Å². The van der Waals surface area contributed by atoms with Gasteiger partial charge in [-0.2, -0.15) is 0 Å². The maximum atomic E-state index is 11.3. The fourth-order valence-corrected chi connectivity index (χ4v) is 1.29. The van der Waals surface area contributed by atoms with Crippen LogP contribution in [0.2, 0.25) is 0 Å². The van der Waals surface area contributed by atoms with Gasteiger partial charge in [-0.1, -0.05) is 0 Å². The predicted molar refractivity (Wildman–Crippen MR) is 51.7 cm³/mol. The lowest BCUT2D eigenvalue weighted by atomic mass is 10.2. The summed E-state index contributed by atoms with van der Waals surface area (Å²) >= 11 is 0. The van der Waals surface area contributed by atoms with Crippen molar-refractivity contribution in [3.63, 3.8) is 0 Å². The van der Waals surface area contributed by atoms with Gasteiger partial charge in [-0.05, 0) is 6.07 Å². The first-order valence-corrected chi connectivity index (χ1v) is 4.34. The number of furan rings is 1. The van der Waals surface area contributed by atoms with Crippen LogP contribution in [-0.2, 0) is 6.54 Å². The van der Waals surface area contributed by atoms with Crippen LogP contribution < -0.4 is 11.3 Å². The minimum atomic E-state index is -0.362. The second-order valence-electron chi connectivity index (χ2n) is 2.97. The fraction of sp³-hybridized carbons (Fsp3) is 0.111. The summed E-state index contributed by atoms with van der Waals surface area (Å²) in [6.07, 6.45) is 6.54. The second-order valence-corrected chi connectivity index (χ2v) is 2.97. The quantitative estimate of drug-likeness (QED) is 0.424. The summed E-state index contributed by atoms with van der Waals surface area (Å²) in [5.41, 5.74) is 2.50. The molecular formula is C9H10N4O2. The number of nitrogen functional groups attached to an aromatic ring is 1. The number of hydrazine groups is 1. The lowest BCUT2D eigenvalue weighted by Gasteiger charge is -2.01. The molecule has 0 fully saturated rings. The van der Waals surface area contributed by atoms with Crippen molar-refractivity contribution in [1.29, 1.82) is 0 Å². The predicted octanol–water partition coefficient (Wildman–Crippen LogP) is 0.128. The normalized spacial score (nSPS) is 10.2. The van der Waals surface area contributed by atoms with Crippen LogP contribution >= 0.6 is 0 Å². The van der Waals surface area contributed by atoms with Gasteiger partial charge in [0, 0.05) is 12.4 Å². The molecule has 0 unspecified atom stereocenters. The second kappa shape index (κ2) is 3.97. The van der Waals surface area contributed by atoms with E-state index in [4.69, 9.17) is 10.3 Å². The van der Waals surface area contributed by atoms with Crippen molar-refractivity contribution in [2.75, 3.05) is 0 Å². The first-order chi connectivity index (χ1) is 7.31. The third kappa shape index (κ3) is 1.89. The van der Waals surface area contributed by atoms with Gasteiger partial charge >= 0.3 is 0 Å². The highest BCUT2D eigenvalue weighted by Crippen LogP contribution is 2.11. The monoisotopic (exact) mass is 206 g/mol. The fourth-order valence-electron chi connectivity index (χ4n) is 1.29. The van der Waals surface area contributed by atoms with Crippen LogP contribution in [0, 0.1) is 0 Å². The molecule has 2 aromatic rings. The average Bonchev–Trinajstić information content (AvgIpc) is 2.88. The average molecular weight is 206 g/mol. The van der Waals surface area contributed by atoms with Crippen LogP contribution in [0.25, 0.3) is 0 Å². The van der Waals surface area contributed by atoms with Crippen LogP contribution in [0.3, 0.4) is 0 Å². The highest BCUT2D eigenvalue weighted by atomic mass is 16.3. The number of imidazole rings is 1. The number of nitrogens with one attached hydrogen (secondary N) is 1. The van der Waals surface area contributed by atoms with Crippen LogP contribution in [0.15, 0.2) is 35.5 Å². The van der Waals surface area contributed by atoms with E-state index in [2.05, 4.69) is 10.4 Å². The molecule has 3 N–H and O–H groups in total. The van der Waals surface area contributed by atoms with E-state index in [0.29, 0.717) is 17.9 Å². The minimum absolute atomic E-state index is 0.362. The van der Waals surface area contributed by atoms with Gasteiger partial charge in [0.2, 0.25) is 0 Å². The van der Waals surface area contributed by atoms with E-state index >= 15 is 0 Å². The molecule has 0 atom stereocenters. The third-order valence-electron chi connectivity index (χ3n) is 2.01. The molecule has 2 heterocycles. The third-order valence-corrected chi connectivity index (χ3v) is 2.01. The highest BCUT2D eigenvalue weighted by Gasteiger charge is 2.13. The molecule has 1 amide bonds. The number of nitrogens with two attached hydrogens (primary N) is 1.